The monoisotopic (exact) mass is 355 g/mol. The summed E-state index contributed by atoms with van der Waals surface area (Å²) in [6, 6.07) is 6.98. The maximum atomic E-state index is 12.3. The summed E-state index contributed by atoms with van der Waals surface area (Å²) >= 11 is 0.987. The largest absolute Gasteiger partial charge is 0.494 e. The van der Waals surface area contributed by atoms with Crippen molar-refractivity contribution in [2.24, 2.45) is 0 Å². The van der Waals surface area contributed by atoms with Crippen molar-refractivity contribution in [3.63, 3.8) is 0 Å². The minimum atomic E-state index is -3.42. The fourth-order valence-electron chi connectivity index (χ4n) is 1.80. The number of carbonyl (C=O) groups excluding carboxylic acids is 1. The molecule has 1 amide bonds. The summed E-state index contributed by atoms with van der Waals surface area (Å²) in [5, 5.41) is 2.91. The summed E-state index contributed by atoms with van der Waals surface area (Å²) in [4.78, 5) is 16.7. The average Bonchev–Trinajstić information content (AvgIpc) is 2.80. The first-order chi connectivity index (χ1) is 10.8. The van der Waals surface area contributed by atoms with Crippen LogP contribution >= 0.6 is 11.3 Å². The van der Waals surface area contributed by atoms with Crippen LogP contribution < -0.4 is 14.8 Å². The van der Waals surface area contributed by atoms with Crippen LogP contribution in [0.3, 0.4) is 0 Å². The van der Waals surface area contributed by atoms with Crippen LogP contribution in [0.5, 0.6) is 5.75 Å². The van der Waals surface area contributed by atoms with Gasteiger partial charge in [-0.25, -0.2) is 13.4 Å². The third-order valence-corrected chi connectivity index (χ3v) is 4.46. The van der Waals surface area contributed by atoms with E-state index < -0.39 is 10.0 Å². The lowest BCUT2D eigenvalue weighted by molar-refractivity contribution is 0.103. The average molecular weight is 355 g/mol. The van der Waals surface area contributed by atoms with Crippen molar-refractivity contribution in [3.8, 4) is 5.75 Å². The van der Waals surface area contributed by atoms with Gasteiger partial charge in [-0.2, -0.15) is 0 Å². The zero-order valence-corrected chi connectivity index (χ0v) is 14.5. The number of aromatic nitrogens is 1. The molecule has 0 bridgehead atoms. The van der Waals surface area contributed by atoms with Gasteiger partial charge in [-0.15, -0.1) is 0 Å². The smallest absolute Gasteiger partial charge is 0.267 e. The van der Waals surface area contributed by atoms with Gasteiger partial charge in [0.2, 0.25) is 10.0 Å². The molecule has 1 aromatic carbocycles. The second-order valence-electron chi connectivity index (χ2n) is 4.72. The van der Waals surface area contributed by atoms with Gasteiger partial charge in [0.05, 0.1) is 18.6 Å². The van der Waals surface area contributed by atoms with Crippen LogP contribution in [0.1, 0.15) is 22.3 Å². The number of ether oxygens (including phenoxy) is 1. The van der Waals surface area contributed by atoms with Crippen LogP contribution in [0, 0.1) is 6.92 Å². The summed E-state index contributed by atoms with van der Waals surface area (Å²) in [7, 11) is -3.42. The number of nitrogens with one attached hydrogen (secondary N) is 2. The number of aryl methyl sites for hydroxylation is 1. The third kappa shape index (κ3) is 4.93. The topological polar surface area (TPSA) is 97.4 Å². The van der Waals surface area contributed by atoms with E-state index in [1.165, 1.54) is 0 Å². The number of hydrogen-bond acceptors (Lipinski definition) is 6. The maximum absolute atomic E-state index is 12.3. The van der Waals surface area contributed by atoms with Gasteiger partial charge in [0, 0.05) is 5.69 Å². The normalized spacial score (nSPS) is 11.1. The van der Waals surface area contributed by atoms with E-state index in [9.17, 15) is 13.2 Å². The zero-order chi connectivity index (χ0) is 17.0. The molecule has 0 saturated carbocycles. The van der Waals surface area contributed by atoms with E-state index in [0.29, 0.717) is 22.9 Å². The number of sulfonamides is 1. The first-order valence-corrected chi connectivity index (χ1v) is 9.48. The van der Waals surface area contributed by atoms with Crippen molar-refractivity contribution >= 4 is 38.1 Å². The lowest BCUT2D eigenvalue weighted by Gasteiger charge is -2.06. The molecule has 0 aliphatic heterocycles. The molecule has 2 rings (SSSR count). The van der Waals surface area contributed by atoms with Crippen molar-refractivity contribution < 1.29 is 17.9 Å². The third-order valence-electron chi connectivity index (χ3n) is 2.70. The van der Waals surface area contributed by atoms with E-state index in [0.717, 1.165) is 23.3 Å². The van der Waals surface area contributed by atoms with Crippen LogP contribution in [0.25, 0.3) is 0 Å². The minimum Gasteiger partial charge on any atom is -0.494 e. The summed E-state index contributed by atoms with van der Waals surface area (Å²) in [5.74, 6) is 0.379. The van der Waals surface area contributed by atoms with Gasteiger partial charge in [0.1, 0.15) is 10.6 Å². The second-order valence-corrected chi connectivity index (χ2v) is 7.47. The Hall–Kier alpha value is -2.13. The Balaban J connectivity index is 2.11. The Morgan fingerprint density at radius 1 is 1.30 bits per heavy atom. The lowest BCUT2D eigenvalue weighted by atomic mass is 10.3. The predicted octanol–water partition coefficient (Wildman–Crippen LogP) is 2.47. The Morgan fingerprint density at radius 2 is 1.96 bits per heavy atom. The molecule has 0 radical (unpaired) electrons. The highest BCUT2D eigenvalue weighted by atomic mass is 32.2. The highest BCUT2D eigenvalue weighted by molar-refractivity contribution is 7.92. The summed E-state index contributed by atoms with van der Waals surface area (Å²) in [5.41, 5.74) is 1.08. The molecule has 23 heavy (non-hydrogen) atoms. The van der Waals surface area contributed by atoms with Gasteiger partial charge >= 0.3 is 0 Å². The first kappa shape index (κ1) is 17.2. The maximum Gasteiger partial charge on any atom is 0.267 e. The van der Waals surface area contributed by atoms with Crippen molar-refractivity contribution in [2.45, 2.75) is 13.8 Å². The van der Waals surface area contributed by atoms with Crippen LogP contribution in [-0.2, 0) is 10.0 Å². The molecule has 0 spiro atoms. The van der Waals surface area contributed by atoms with Crippen molar-refractivity contribution in [1.29, 1.82) is 0 Å². The molecule has 0 saturated heterocycles. The van der Waals surface area contributed by atoms with E-state index in [2.05, 4.69) is 15.0 Å². The molecule has 0 unspecified atom stereocenters. The number of anilines is 2. The van der Waals surface area contributed by atoms with Gasteiger partial charge in [0.15, 0.2) is 5.13 Å². The number of hydrogen-bond donors (Lipinski definition) is 2. The molecule has 124 valence electrons. The van der Waals surface area contributed by atoms with Crippen LogP contribution in [0.15, 0.2) is 24.3 Å². The molecule has 2 N–H and O–H groups in total. The molecule has 0 aliphatic rings. The number of carbonyl (C=O) groups is 1. The fourth-order valence-corrected chi connectivity index (χ4v) is 3.49. The Kier molecular flexibility index (Phi) is 5.22. The number of amides is 1. The quantitative estimate of drug-likeness (QED) is 0.829. The SMILES string of the molecule is CCOc1ccc(NC(=O)c2sc(NS(C)(=O)=O)nc2C)cc1. The molecule has 0 atom stereocenters. The number of thiazole rings is 1. The molecule has 0 fully saturated rings. The van der Waals surface area contributed by atoms with Crippen LogP contribution in [0.4, 0.5) is 10.8 Å². The molecule has 0 aliphatic carbocycles. The molecular formula is C14H17N3O4S2. The molecule has 9 heteroatoms. The lowest BCUT2D eigenvalue weighted by Crippen LogP contribution is -2.11. The Morgan fingerprint density at radius 3 is 2.52 bits per heavy atom. The zero-order valence-electron chi connectivity index (χ0n) is 12.9. The fraction of sp³-hybridized carbons (Fsp3) is 0.286. The molecule has 7 nitrogen and oxygen atoms in total. The van der Waals surface area contributed by atoms with Gasteiger partial charge in [-0.05, 0) is 38.1 Å². The number of nitrogens with zero attached hydrogens (tertiary/aromatic N) is 1. The number of rotatable bonds is 6. The van der Waals surface area contributed by atoms with E-state index >= 15 is 0 Å². The molecule has 1 heterocycles. The van der Waals surface area contributed by atoms with Crippen molar-refractivity contribution in [1.82, 2.24) is 4.98 Å². The Bertz CT molecular complexity index is 798. The van der Waals surface area contributed by atoms with Gasteiger partial charge in [0.25, 0.3) is 5.91 Å². The van der Waals surface area contributed by atoms with Crippen LogP contribution in [-0.4, -0.2) is 32.2 Å². The van der Waals surface area contributed by atoms with E-state index in [4.69, 9.17) is 4.74 Å². The van der Waals surface area contributed by atoms with E-state index in [1.54, 1.807) is 31.2 Å². The van der Waals surface area contributed by atoms with Crippen molar-refractivity contribution in [3.05, 3.63) is 34.8 Å². The molecule has 2 aromatic rings. The van der Waals surface area contributed by atoms with E-state index in [-0.39, 0.29) is 11.0 Å². The van der Waals surface area contributed by atoms with Gasteiger partial charge in [-0.1, -0.05) is 11.3 Å². The standard InChI is InChI=1S/C14H17N3O4S2/c1-4-21-11-7-5-10(6-8-11)16-13(18)12-9(2)15-14(22-12)17-23(3,19)20/h5-8H,4H2,1-3H3,(H,15,17)(H,16,18). The van der Waals surface area contributed by atoms with Crippen LogP contribution in [0.2, 0.25) is 0 Å². The predicted molar refractivity (Wildman–Crippen MR) is 90.9 cm³/mol. The highest BCUT2D eigenvalue weighted by Crippen LogP contribution is 2.24. The Labute approximate surface area is 138 Å². The second kappa shape index (κ2) is 6.97. The minimum absolute atomic E-state index is 0.168. The highest BCUT2D eigenvalue weighted by Gasteiger charge is 2.17. The summed E-state index contributed by atoms with van der Waals surface area (Å²) < 4.78 is 30.0. The molecular weight excluding hydrogens is 338 g/mol. The van der Waals surface area contributed by atoms with Gasteiger partial charge < -0.3 is 10.1 Å². The van der Waals surface area contributed by atoms with E-state index in [1.807, 2.05) is 6.92 Å². The first-order valence-electron chi connectivity index (χ1n) is 6.78. The van der Waals surface area contributed by atoms with Gasteiger partial charge in [-0.3, -0.25) is 9.52 Å². The van der Waals surface area contributed by atoms with Crippen molar-refractivity contribution in [2.75, 3.05) is 22.9 Å². The number of benzene rings is 1. The molecule has 1 aromatic heterocycles. The summed E-state index contributed by atoms with van der Waals surface area (Å²) in [6.07, 6.45) is 1.03. The summed E-state index contributed by atoms with van der Waals surface area (Å²) in [6.45, 7) is 4.11.